The third-order valence-corrected chi connectivity index (χ3v) is 6.48. The lowest BCUT2D eigenvalue weighted by Gasteiger charge is -2.10. The fourth-order valence-corrected chi connectivity index (χ4v) is 4.72. The molecule has 0 atom stereocenters. The van der Waals surface area contributed by atoms with Crippen molar-refractivity contribution < 1.29 is 23.9 Å². The van der Waals surface area contributed by atoms with Crippen LogP contribution in [0.1, 0.15) is 20.7 Å². The quantitative estimate of drug-likeness (QED) is 0.424. The number of imide groups is 1. The number of halogens is 2. The summed E-state index contributed by atoms with van der Waals surface area (Å²) in [5.74, 6) is -2.43. The maximum atomic E-state index is 12.7. The van der Waals surface area contributed by atoms with E-state index in [1.807, 2.05) is 0 Å². The van der Waals surface area contributed by atoms with Gasteiger partial charge in [0.2, 0.25) is 0 Å². The van der Waals surface area contributed by atoms with Gasteiger partial charge in [-0.2, -0.15) is 4.99 Å². The number of aromatic nitrogens is 1. The minimum absolute atomic E-state index is 0.158. The summed E-state index contributed by atoms with van der Waals surface area (Å²) in [6, 6.07) is 9.62. The van der Waals surface area contributed by atoms with Crippen molar-refractivity contribution in [3.05, 3.63) is 62.4 Å². The van der Waals surface area contributed by atoms with Gasteiger partial charge in [0.15, 0.2) is 4.80 Å². The van der Waals surface area contributed by atoms with Crippen molar-refractivity contribution in [1.82, 2.24) is 9.47 Å². The normalized spacial score (nSPS) is 13.8. The number of hydrogen-bond donors (Lipinski definition) is 0. The number of ether oxygens (including phenoxy) is 1. The van der Waals surface area contributed by atoms with Crippen molar-refractivity contribution in [1.29, 1.82) is 0 Å². The van der Waals surface area contributed by atoms with Crippen LogP contribution in [-0.2, 0) is 20.9 Å². The van der Waals surface area contributed by atoms with Gasteiger partial charge in [-0.25, -0.2) is 0 Å². The van der Waals surface area contributed by atoms with Crippen molar-refractivity contribution in [2.45, 2.75) is 6.54 Å². The highest BCUT2D eigenvalue weighted by Crippen LogP contribution is 2.32. The summed E-state index contributed by atoms with van der Waals surface area (Å²) in [4.78, 5) is 54.6. The van der Waals surface area contributed by atoms with Gasteiger partial charge in [0.05, 0.1) is 38.5 Å². The van der Waals surface area contributed by atoms with Crippen LogP contribution in [0.2, 0.25) is 10.0 Å². The van der Waals surface area contributed by atoms with Gasteiger partial charge in [0, 0.05) is 0 Å². The molecule has 0 saturated carbocycles. The topological polar surface area (TPSA) is 98.0 Å². The van der Waals surface area contributed by atoms with Gasteiger partial charge in [0.1, 0.15) is 13.1 Å². The Kier molecular flexibility index (Phi) is 5.65. The maximum Gasteiger partial charge on any atom is 0.325 e. The van der Waals surface area contributed by atoms with E-state index in [-0.39, 0.29) is 32.5 Å². The summed E-state index contributed by atoms with van der Waals surface area (Å²) in [6.07, 6.45) is 0. The minimum Gasteiger partial charge on any atom is -0.468 e. The van der Waals surface area contributed by atoms with E-state index in [0.29, 0.717) is 10.2 Å². The van der Waals surface area contributed by atoms with Crippen molar-refractivity contribution in [3.63, 3.8) is 0 Å². The Labute approximate surface area is 189 Å². The zero-order chi connectivity index (χ0) is 22.3. The van der Waals surface area contributed by atoms with E-state index in [1.54, 1.807) is 24.3 Å². The van der Waals surface area contributed by atoms with E-state index >= 15 is 0 Å². The first-order valence-corrected chi connectivity index (χ1v) is 10.5. The number of fused-ring (bicyclic) bond motifs is 2. The van der Waals surface area contributed by atoms with Crippen LogP contribution >= 0.6 is 34.5 Å². The highest BCUT2D eigenvalue weighted by atomic mass is 35.5. The van der Waals surface area contributed by atoms with Crippen molar-refractivity contribution in [2.75, 3.05) is 13.7 Å². The molecule has 0 spiro atoms. The number of thiazole rings is 1. The number of methoxy groups -OCH3 is 1. The van der Waals surface area contributed by atoms with E-state index < -0.39 is 30.2 Å². The molecule has 8 nitrogen and oxygen atoms in total. The fraction of sp³-hybridized carbons (Fsp3) is 0.150. The van der Waals surface area contributed by atoms with Crippen LogP contribution in [0.4, 0.5) is 0 Å². The lowest BCUT2D eigenvalue weighted by atomic mass is 10.1. The Morgan fingerprint density at radius 2 is 1.68 bits per heavy atom. The van der Waals surface area contributed by atoms with Crippen molar-refractivity contribution >= 4 is 68.4 Å². The largest absolute Gasteiger partial charge is 0.468 e. The monoisotopic (exact) mass is 477 g/mol. The molecule has 0 unspecified atom stereocenters. The van der Waals surface area contributed by atoms with E-state index in [2.05, 4.69) is 4.99 Å². The molecule has 0 radical (unpaired) electrons. The Hall–Kier alpha value is -3.01. The molecule has 3 aromatic rings. The third kappa shape index (κ3) is 3.76. The van der Waals surface area contributed by atoms with Gasteiger partial charge in [-0.05, 0) is 24.3 Å². The Balaban J connectivity index is 1.72. The lowest BCUT2D eigenvalue weighted by molar-refractivity contribution is -0.141. The molecule has 31 heavy (non-hydrogen) atoms. The number of rotatable bonds is 4. The Morgan fingerprint density at radius 3 is 2.29 bits per heavy atom. The van der Waals surface area contributed by atoms with Gasteiger partial charge in [-0.1, -0.05) is 46.7 Å². The molecule has 0 aliphatic carbocycles. The van der Waals surface area contributed by atoms with Crippen LogP contribution in [0.5, 0.6) is 0 Å². The van der Waals surface area contributed by atoms with E-state index in [1.165, 1.54) is 23.8 Å². The first-order chi connectivity index (χ1) is 14.8. The summed E-state index contributed by atoms with van der Waals surface area (Å²) in [5, 5.41) is 0.475. The molecule has 2 heterocycles. The number of nitrogens with zero attached hydrogens (tertiary/aromatic N) is 3. The predicted molar refractivity (Wildman–Crippen MR) is 114 cm³/mol. The fourth-order valence-electron chi connectivity index (χ4n) is 3.19. The van der Waals surface area contributed by atoms with Gasteiger partial charge in [-0.3, -0.25) is 24.1 Å². The molecular formula is C20H13Cl2N3O5S. The molecule has 1 aliphatic rings. The van der Waals surface area contributed by atoms with Crippen LogP contribution in [0, 0.1) is 0 Å². The highest BCUT2D eigenvalue weighted by Gasteiger charge is 2.36. The summed E-state index contributed by atoms with van der Waals surface area (Å²) < 4.78 is 6.78. The molecule has 3 amide bonds. The summed E-state index contributed by atoms with van der Waals surface area (Å²) in [6.45, 7) is -0.789. The summed E-state index contributed by atoms with van der Waals surface area (Å²) >= 11 is 13.5. The molecule has 2 aromatic carbocycles. The summed E-state index contributed by atoms with van der Waals surface area (Å²) in [7, 11) is 1.23. The molecule has 0 fully saturated rings. The second-order valence-electron chi connectivity index (χ2n) is 6.50. The maximum absolute atomic E-state index is 12.7. The minimum atomic E-state index is -0.734. The second-order valence-corrected chi connectivity index (χ2v) is 8.30. The zero-order valence-corrected chi connectivity index (χ0v) is 18.3. The number of carbonyl (C=O) groups excluding carboxylic acids is 4. The number of hydrogen-bond acceptors (Lipinski definition) is 6. The van der Waals surface area contributed by atoms with Crippen LogP contribution in [-0.4, -0.2) is 46.8 Å². The third-order valence-electron chi connectivity index (χ3n) is 4.64. The Bertz CT molecular complexity index is 1310. The zero-order valence-electron chi connectivity index (χ0n) is 15.9. The van der Waals surface area contributed by atoms with Crippen molar-refractivity contribution in [3.8, 4) is 0 Å². The van der Waals surface area contributed by atoms with E-state index in [0.717, 1.165) is 16.2 Å². The highest BCUT2D eigenvalue weighted by molar-refractivity contribution is 7.16. The first-order valence-electron chi connectivity index (χ1n) is 8.88. The average Bonchev–Trinajstić information content (AvgIpc) is 3.21. The second kappa shape index (κ2) is 8.26. The van der Waals surface area contributed by atoms with Crippen molar-refractivity contribution in [2.24, 2.45) is 4.99 Å². The molecule has 0 N–H and O–H groups in total. The molecule has 1 aromatic heterocycles. The summed E-state index contributed by atoms with van der Waals surface area (Å²) in [5.41, 5.74) is 0.908. The molecule has 4 rings (SSSR count). The van der Waals surface area contributed by atoms with Gasteiger partial charge >= 0.3 is 5.97 Å². The smallest absolute Gasteiger partial charge is 0.325 e. The standard InChI is InChI=1S/C20H13Cl2N3O5S/c1-30-15(27)9-24-17-13(7-6-12(21)16(17)22)31-20(24)23-14(26)8-25-18(28)10-4-2-3-5-11(10)19(25)29/h2-7H,8-9H2,1H3. The number of carbonyl (C=O) groups is 4. The van der Waals surface area contributed by atoms with Gasteiger partial charge in [0.25, 0.3) is 17.7 Å². The van der Waals surface area contributed by atoms with Crippen LogP contribution in [0.25, 0.3) is 10.2 Å². The van der Waals surface area contributed by atoms with Gasteiger partial charge < -0.3 is 9.30 Å². The van der Waals surface area contributed by atoms with Gasteiger partial charge in [-0.15, -0.1) is 0 Å². The molecule has 0 saturated heterocycles. The van der Waals surface area contributed by atoms with Crippen LogP contribution in [0.15, 0.2) is 41.4 Å². The molecule has 1 aliphatic heterocycles. The number of esters is 1. The molecular weight excluding hydrogens is 465 g/mol. The predicted octanol–water partition coefficient (Wildman–Crippen LogP) is 2.91. The first kappa shape index (κ1) is 21.2. The molecule has 158 valence electrons. The average molecular weight is 478 g/mol. The molecule has 0 bridgehead atoms. The van der Waals surface area contributed by atoms with E-state index in [4.69, 9.17) is 27.9 Å². The molecule has 11 heteroatoms. The lowest BCUT2D eigenvalue weighted by Crippen LogP contribution is -2.35. The van der Waals surface area contributed by atoms with E-state index in [9.17, 15) is 19.2 Å². The number of benzene rings is 2. The SMILES string of the molecule is COC(=O)Cn1c(=NC(=O)CN2C(=O)c3ccccc3C2=O)sc2ccc(Cl)c(Cl)c21. The van der Waals surface area contributed by atoms with Crippen LogP contribution < -0.4 is 4.80 Å². The number of amides is 3. The Morgan fingerprint density at radius 1 is 1.03 bits per heavy atom. The van der Waals surface area contributed by atoms with Crippen LogP contribution in [0.3, 0.4) is 0 Å².